The van der Waals surface area contributed by atoms with Crippen LogP contribution in [-0.2, 0) is 33.0 Å². The van der Waals surface area contributed by atoms with E-state index in [0.717, 1.165) is 59.2 Å². The summed E-state index contributed by atoms with van der Waals surface area (Å²) in [6, 6.07) is 33.5. The van der Waals surface area contributed by atoms with Gasteiger partial charge in [0, 0.05) is 72.3 Å². The number of ether oxygens (including phenoxy) is 2. The number of ketones is 3. The van der Waals surface area contributed by atoms with E-state index < -0.39 is 22.3 Å². The number of nitrogens with two attached hydrogens (primary N) is 1. The van der Waals surface area contributed by atoms with Crippen LogP contribution in [0.3, 0.4) is 0 Å². The summed E-state index contributed by atoms with van der Waals surface area (Å²) in [4.78, 5) is 65.8. The highest BCUT2D eigenvalue weighted by Gasteiger charge is 2.36. The van der Waals surface area contributed by atoms with Gasteiger partial charge in [-0.25, -0.2) is 35.0 Å². The Morgan fingerprint density at radius 1 is 0.558 bits per heavy atom. The molecule has 3 aliphatic carbocycles. The van der Waals surface area contributed by atoms with Gasteiger partial charge < -0.3 is 45.9 Å². The molecule has 22 nitrogen and oxygen atoms in total. The summed E-state index contributed by atoms with van der Waals surface area (Å²) < 4.78 is 38.2. The van der Waals surface area contributed by atoms with Crippen molar-refractivity contribution >= 4 is 95.0 Å². The number of phenolic OH excluding ortho intramolecular Hbond substituents is 1. The molecular weight excluding hydrogens is 1360 g/mol. The number of aromatic hydroxyl groups is 1. The third kappa shape index (κ3) is 21.0. The van der Waals surface area contributed by atoms with Crippen LogP contribution in [0.2, 0.25) is 0 Å². The van der Waals surface area contributed by atoms with Crippen LogP contribution in [-0.4, -0.2) is 120 Å². The molecule has 0 amide bonds. The van der Waals surface area contributed by atoms with E-state index in [-0.39, 0.29) is 61.2 Å². The van der Waals surface area contributed by atoms with Crippen molar-refractivity contribution in [1.29, 1.82) is 0 Å². The molecule has 3 saturated carbocycles. The number of alkyl halides is 1. The fourth-order valence-corrected chi connectivity index (χ4v) is 14.8. The molecule has 9 atom stereocenters. The van der Waals surface area contributed by atoms with Gasteiger partial charge in [0.1, 0.15) is 66.9 Å². The molecule has 95 heavy (non-hydrogen) atoms. The third-order valence-electron chi connectivity index (χ3n) is 16.4. The lowest BCUT2D eigenvalue weighted by molar-refractivity contribution is 0.100. The smallest absolute Gasteiger partial charge is 0.333 e. The van der Waals surface area contributed by atoms with Crippen LogP contribution in [0.15, 0.2) is 163 Å². The number of phenols is 1. The van der Waals surface area contributed by atoms with Gasteiger partial charge in [-0.1, -0.05) is 84.4 Å². The molecule has 9 N–H and O–H groups in total. The van der Waals surface area contributed by atoms with Crippen LogP contribution in [0.1, 0.15) is 115 Å². The molecule has 12 rings (SSSR count). The molecule has 0 bridgehead atoms. The van der Waals surface area contributed by atoms with Gasteiger partial charge in [0.25, 0.3) is 0 Å². The Balaban J connectivity index is 0.000000161. The number of hydrogen-bond donors (Lipinski definition) is 8. The Bertz CT molecular complexity index is 4020. The van der Waals surface area contributed by atoms with Crippen molar-refractivity contribution < 1.29 is 56.9 Å². The average Bonchev–Trinajstić information content (AvgIpc) is 1.83. The van der Waals surface area contributed by atoms with E-state index in [2.05, 4.69) is 79.8 Å². The minimum atomic E-state index is -4.08. The molecule has 6 aromatic heterocycles. The lowest BCUT2D eigenvalue weighted by atomic mass is 10.00. The number of anilines is 3. The number of rotatable bonds is 24. The predicted molar refractivity (Wildman–Crippen MR) is 370 cm³/mol. The highest BCUT2D eigenvalue weighted by molar-refractivity contribution is 9.08. The van der Waals surface area contributed by atoms with E-state index in [1.807, 2.05) is 95.0 Å². The summed E-state index contributed by atoms with van der Waals surface area (Å²) in [5, 5.41) is 59.2. The summed E-state index contributed by atoms with van der Waals surface area (Å²) in [7, 11) is -4.08. The Morgan fingerprint density at radius 2 is 0.926 bits per heavy atom. The number of benzene rings is 3. The van der Waals surface area contributed by atoms with Crippen molar-refractivity contribution in [2.24, 2.45) is 34.7 Å². The molecule has 9 aromatic rings. The van der Waals surface area contributed by atoms with Crippen LogP contribution < -0.4 is 30.6 Å². The Labute approximate surface area is 571 Å². The first-order valence-electron chi connectivity index (χ1n) is 30.7. The van der Waals surface area contributed by atoms with E-state index in [9.17, 15) is 38.1 Å². The maximum Gasteiger partial charge on any atom is 0.333 e. The molecule has 500 valence electrons. The number of carbonyl (C=O) groups is 3. The Kier molecular flexibility index (Phi) is 26.4. The van der Waals surface area contributed by atoms with E-state index in [1.165, 1.54) is 59.2 Å². The maximum absolute atomic E-state index is 13.2. The second kappa shape index (κ2) is 35.2. The quantitative estimate of drug-likeness (QED) is 0.0206. The van der Waals surface area contributed by atoms with Crippen molar-refractivity contribution in [3.8, 4) is 17.2 Å². The molecule has 27 heteroatoms. The molecule has 0 radical (unpaired) electrons. The molecule has 0 saturated heterocycles. The first-order valence-corrected chi connectivity index (χ1v) is 36.0. The third-order valence-corrected chi connectivity index (χ3v) is 20.4. The minimum absolute atomic E-state index is 0.0555. The number of nitrogens with one attached hydrogen (secondary N) is 3. The molecule has 3 fully saturated rings. The van der Waals surface area contributed by atoms with Gasteiger partial charge in [0.15, 0.2) is 0 Å². The van der Waals surface area contributed by atoms with Crippen LogP contribution >= 0.6 is 49.9 Å². The van der Waals surface area contributed by atoms with Gasteiger partial charge in [-0.15, -0.1) is 34.0 Å². The van der Waals surface area contributed by atoms with Crippen molar-refractivity contribution in [1.82, 2.24) is 29.9 Å². The monoisotopic (exact) mass is 1430 g/mol. The number of carbonyl (C=O) groups excluding carboxylic acids is 3. The number of aromatic nitrogens is 6. The molecule has 0 aliphatic heterocycles. The molecule has 3 aliphatic rings. The topological polar surface area (TPSA) is 333 Å². The van der Waals surface area contributed by atoms with Gasteiger partial charge >= 0.3 is 10.3 Å². The fourth-order valence-electron chi connectivity index (χ4n) is 11.3. The van der Waals surface area contributed by atoms with E-state index in [1.54, 1.807) is 42.7 Å². The number of aliphatic hydroxyl groups excluding tert-OH is 3. The summed E-state index contributed by atoms with van der Waals surface area (Å²) in [5.74, 6) is 4.05. The van der Waals surface area contributed by atoms with Crippen LogP contribution in [0.25, 0.3) is 0 Å². The van der Waals surface area contributed by atoms with Crippen LogP contribution in [0, 0.1) is 29.6 Å². The van der Waals surface area contributed by atoms with Gasteiger partial charge in [-0.2, -0.15) is 8.42 Å². The van der Waals surface area contributed by atoms with Gasteiger partial charge in [-0.05, 0) is 138 Å². The molecule has 6 heterocycles. The summed E-state index contributed by atoms with van der Waals surface area (Å²) >= 11 is 7.55. The summed E-state index contributed by atoms with van der Waals surface area (Å²) in [6.07, 6.45) is 12.5. The Morgan fingerprint density at radius 3 is 1.27 bits per heavy atom. The standard InChI is InChI=1S/C23H25N3O3S.C22H24N4O6S2.C17H20BrN3O2S.C6H6O/c1-15-7-18(9-17(15)11-27)26-23-20(10-24-14-25-23)22(28)21-8-16(13-30-21)12-29-19-5-3-2-4-6-19;23-34(29,30)32-11-15-7-16(8-19(15)27)26-22-18(9-24-13-25-22)21(28)20-6-14(12-33-20)10-31-17-4-2-1-3-5-17;1-10-2-13(4-12(10)7-22)21-17-14(6-19-9-20-17)16(23)15-3-11(5-18)8-24-15;7-6-4-2-1-3-5-6/h2-6,8,10,13-15,17-18,27H,7,9,11-12H2,1H3,(H,24,25,26);1-6,9,12-13,15-16,19,27H,7-8,10-11H2,(H2,23,29,30)(H,24,25,26);3,6,8-10,12-13,22H,2,4-5,7H2,1H3,(H,19,20,21);1-5,7H/t15-,17+,18-;15-,16-,19+;10-,12+,13-;/m010./s1. The van der Waals surface area contributed by atoms with E-state index in [0.29, 0.717) is 98.3 Å². The average molecular weight is 1430 g/mol. The first-order chi connectivity index (χ1) is 45.9. The Hall–Kier alpha value is -7.96. The number of nitrogens with zero attached hydrogens (tertiary/aromatic N) is 6. The maximum atomic E-state index is 13.2. The lowest BCUT2D eigenvalue weighted by Gasteiger charge is -2.15. The molecule has 0 unspecified atom stereocenters. The van der Waals surface area contributed by atoms with Crippen molar-refractivity contribution in [2.45, 2.75) is 95.1 Å². The zero-order valence-electron chi connectivity index (χ0n) is 52.1. The molecule has 3 aromatic carbocycles. The van der Waals surface area contributed by atoms with Crippen LogP contribution in [0.4, 0.5) is 17.5 Å². The van der Waals surface area contributed by atoms with E-state index >= 15 is 0 Å². The molecular formula is C68H75BrN10O12S4. The number of para-hydroxylation sites is 3. The minimum Gasteiger partial charge on any atom is -0.508 e. The number of hydrogen-bond acceptors (Lipinski definition) is 24. The highest BCUT2D eigenvalue weighted by atomic mass is 79.9. The fraction of sp³-hybridized carbons (Fsp3) is 0.338. The van der Waals surface area contributed by atoms with Crippen molar-refractivity contribution in [2.75, 3.05) is 35.8 Å². The SMILES string of the molecule is C[C@H]1C[C@H](Nc2ncncc2C(=O)c2cc(CBr)cs2)C[C@@H]1CO.C[C@H]1C[C@H](Nc2ncncc2C(=O)c2cc(COc3ccccc3)cs2)C[C@@H]1CO.NS(=O)(=O)OC[C@H]1C[C@@H](Nc2ncncc2C(=O)c2cc(COc3ccccc3)cs2)C[C@@H]1O.Oc1ccccc1. The van der Waals surface area contributed by atoms with Crippen LogP contribution in [0.5, 0.6) is 17.2 Å². The predicted octanol–water partition coefficient (Wildman–Crippen LogP) is 11.2. The number of aliphatic hydroxyl groups is 3. The second-order valence-corrected chi connectivity index (χ2v) is 27.9. The molecule has 0 spiro atoms. The normalized spacial score (nSPS) is 20.3. The van der Waals surface area contributed by atoms with E-state index in [4.69, 9.17) is 19.7 Å². The zero-order valence-corrected chi connectivity index (χ0v) is 56.9. The summed E-state index contributed by atoms with van der Waals surface area (Å²) in [5.41, 5.74) is 4.19. The van der Waals surface area contributed by atoms with Crippen molar-refractivity contribution in [3.05, 3.63) is 211 Å². The second-order valence-electron chi connectivity index (χ2n) is 23.4. The zero-order chi connectivity index (χ0) is 67.3. The number of halogens is 1. The van der Waals surface area contributed by atoms with Gasteiger partial charge in [0.2, 0.25) is 17.3 Å². The largest absolute Gasteiger partial charge is 0.508 e. The lowest BCUT2D eigenvalue weighted by Crippen LogP contribution is -2.24. The number of thiophene rings is 3. The highest BCUT2D eigenvalue weighted by Crippen LogP contribution is 2.36. The van der Waals surface area contributed by atoms with Gasteiger partial charge in [0.05, 0.1) is 44.0 Å². The van der Waals surface area contributed by atoms with Crippen molar-refractivity contribution in [3.63, 3.8) is 0 Å². The van der Waals surface area contributed by atoms with Gasteiger partial charge in [-0.3, -0.25) is 18.6 Å². The summed E-state index contributed by atoms with van der Waals surface area (Å²) in [6.45, 7) is 5.24. The first kappa shape index (κ1) is 71.3.